The molecular weight excluding hydrogens is 210 g/mol. The van der Waals surface area contributed by atoms with E-state index in [1.54, 1.807) is 13.0 Å². The zero-order chi connectivity index (χ0) is 12.3. The monoisotopic (exact) mass is 225 g/mol. The molecule has 0 aliphatic rings. The topological polar surface area (TPSA) is 79.5 Å². The average Bonchev–Trinajstić information content (AvgIpc) is 2.23. The van der Waals surface area contributed by atoms with E-state index in [1.165, 1.54) is 17.6 Å². The van der Waals surface area contributed by atoms with Crippen LogP contribution in [0.4, 0.5) is 0 Å². The highest BCUT2D eigenvalue weighted by Crippen LogP contribution is 2.01. The molecule has 16 heavy (non-hydrogen) atoms. The normalized spacial score (nSPS) is 12.5. The van der Waals surface area contributed by atoms with E-state index in [0.717, 1.165) is 0 Å². The Kier molecular flexibility index (Phi) is 3.98. The molecular formula is C11H15NO4. The van der Waals surface area contributed by atoms with Crippen molar-refractivity contribution in [2.24, 2.45) is 0 Å². The van der Waals surface area contributed by atoms with E-state index in [2.05, 4.69) is 0 Å². The van der Waals surface area contributed by atoms with E-state index in [4.69, 9.17) is 5.11 Å². The van der Waals surface area contributed by atoms with Gasteiger partial charge in [0.15, 0.2) is 5.78 Å². The van der Waals surface area contributed by atoms with Crippen molar-refractivity contribution in [3.05, 3.63) is 33.7 Å². The maximum absolute atomic E-state index is 11.8. The number of aliphatic hydroxyl groups is 2. The summed E-state index contributed by atoms with van der Waals surface area (Å²) in [5, 5.41) is 18.0. The van der Waals surface area contributed by atoms with Crippen LogP contribution in [0.2, 0.25) is 0 Å². The molecule has 0 saturated heterocycles. The molecule has 0 radical (unpaired) electrons. The lowest BCUT2D eigenvalue weighted by atomic mass is 10.2. The first-order chi connectivity index (χ1) is 7.47. The number of pyridine rings is 1. The van der Waals surface area contributed by atoms with Gasteiger partial charge in [-0.1, -0.05) is 0 Å². The molecule has 1 rings (SSSR count). The molecule has 0 saturated carbocycles. The molecule has 5 nitrogen and oxygen atoms in total. The Morgan fingerprint density at radius 3 is 2.62 bits per heavy atom. The maximum atomic E-state index is 11.8. The highest BCUT2D eigenvalue weighted by atomic mass is 16.3. The Labute approximate surface area is 93.0 Å². The number of rotatable bonds is 4. The maximum Gasteiger partial charge on any atom is 0.261 e. The zero-order valence-corrected chi connectivity index (χ0v) is 9.30. The summed E-state index contributed by atoms with van der Waals surface area (Å²) in [6.45, 7) is 2.59. The van der Waals surface area contributed by atoms with Crippen molar-refractivity contribution in [3.8, 4) is 0 Å². The summed E-state index contributed by atoms with van der Waals surface area (Å²) in [6.07, 6.45) is -1.00. The molecule has 1 unspecified atom stereocenters. The fourth-order valence-electron chi connectivity index (χ4n) is 1.43. The van der Waals surface area contributed by atoms with Gasteiger partial charge in [0, 0.05) is 5.69 Å². The molecule has 0 aliphatic heterocycles. The van der Waals surface area contributed by atoms with Crippen LogP contribution in [0.1, 0.15) is 23.0 Å². The fourth-order valence-corrected chi connectivity index (χ4v) is 1.43. The number of aromatic nitrogens is 1. The minimum Gasteiger partial charge on any atom is -0.394 e. The average molecular weight is 225 g/mol. The van der Waals surface area contributed by atoms with Crippen LogP contribution in [0.25, 0.3) is 0 Å². The van der Waals surface area contributed by atoms with Gasteiger partial charge in [-0.3, -0.25) is 9.59 Å². The van der Waals surface area contributed by atoms with Crippen LogP contribution in [-0.2, 0) is 6.54 Å². The molecule has 0 amide bonds. The highest BCUT2D eigenvalue weighted by molar-refractivity contribution is 5.93. The number of hydrogen-bond acceptors (Lipinski definition) is 4. The number of nitrogens with zero attached hydrogens (tertiary/aromatic N) is 1. The molecule has 1 aromatic rings. The molecule has 1 aromatic heterocycles. The molecule has 0 bridgehead atoms. The number of carbonyl (C=O) groups excluding carboxylic acids is 1. The Morgan fingerprint density at radius 1 is 1.50 bits per heavy atom. The van der Waals surface area contributed by atoms with Crippen molar-refractivity contribution >= 4 is 5.78 Å². The first-order valence-corrected chi connectivity index (χ1v) is 4.97. The summed E-state index contributed by atoms with van der Waals surface area (Å²) in [5.74, 6) is -0.308. The van der Waals surface area contributed by atoms with Crippen LogP contribution in [0.15, 0.2) is 16.9 Å². The van der Waals surface area contributed by atoms with Crippen molar-refractivity contribution in [1.29, 1.82) is 0 Å². The summed E-state index contributed by atoms with van der Waals surface area (Å²) in [6, 6.07) is 3.12. The summed E-state index contributed by atoms with van der Waals surface area (Å²) in [7, 11) is 0. The van der Waals surface area contributed by atoms with E-state index >= 15 is 0 Å². The molecule has 2 N–H and O–H groups in total. The minimum absolute atomic E-state index is 0.0116. The van der Waals surface area contributed by atoms with Gasteiger partial charge in [0.2, 0.25) is 0 Å². The smallest absolute Gasteiger partial charge is 0.261 e. The first-order valence-electron chi connectivity index (χ1n) is 4.97. The van der Waals surface area contributed by atoms with Gasteiger partial charge in [0.05, 0.1) is 24.8 Å². The van der Waals surface area contributed by atoms with Crippen LogP contribution in [0.3, 0.4) is 0 Å². The van der Waals surface area contributed by atoms with Crippen molar-refractivity contribution in [1.82, 2.24) is 4.57 Å². The van der Waals surface area contributed by atoms with Gasteiger partial charge in [0.25, 0.3) is 5.56 Å². The SMILES string of the molecule is CC(=O)c1ccc(C)n(CC(O)CO)c1=O. The molecule has 1 heterocycles. The van der Waals surface area contributed by atoms with Gasteiger partial charge in [-0.2, -0.15) is 0 Å². The molecule has 0 spiro atoms. The second-order valence-corrected chi connectivity index (χ2v) is 3.70. The summed E-state index contributed by atoms with van der Waals surface area (Å²) in [5.41, 5.74) is 0.304. The van der Waals surface area contributed by atoms with E-state index in [1.807, 2.05) is 0 Å². The first kappa shape index (κ1) is 12.6. The lowest BCUT2D eigenvalue weighted by molar-refractivity contribution is 0.0796. The van der Waals surface area contributed by atoms with Crippen LogP contribution >= 0.6 is 0 Å². The predicted molar refractivity (Wildman–Crippen MR) is 58.5 cm³/mol. The number of aryl methyl sites for hydroxylation is 1. The lowest BCUT2D eigenvalue weighted by Gasteiger charge is -2.13. The second kappa shape index (κ2) is 5.05. The Hall–Kier alpha value is -1.46. The largest absolute Gasteiger partial charge is 0.394 e. The number of Topliss-reactive ketones (excluding diaryl/α,β-unsaturated/α-hetero) is 1. The number of ketones is 1. The summed E-state index contributed by atoms with van der Waals surface area (Å²) in [4.78, 5) is 23.0. The quantitative estimate of drug-likeness (QED) is 0.690. The number of hydrogen-bond donors (Lipinski definition) is 2. The third-order valence-corrected chi connectivity index (χ3v) is 2.38. The molecule has 0 aromatic carbocycles. The molecule has 5 heteroatoms. The van der Waals surface area contributed by atoms with Crippen molar-refractivity contribution in [2.75, 3.05) is 6.61 Å². The van der Waals surface area contributed by atoms with Crippen LogP contribution in [-0.4, -0.2) is 33.3 Å². The van der Waals surface area contributed by atoms with Crippen molar-refractivity contribution in [3.63, 3.8) is 0 Å². The lowest BCUT2D eigenvalue weighted by Crippen LogP contribution is -2.32. The molecule has 88 valence electrons. The van der Waals surface area contributed by atoms with Gasteiger partial charge in [-0.25, -0.2) is 0 Å². The van der Waals surface area contributed by atoms with Gasteiger partial charge in [0.1, 0.15) is 0 Å². The minimum atomic E-state index is -1.00. The van der Waals surface area contributed by atoms with Gasteiger partial charge in [-0.15, -0.1) is 0 Å². The summed E-state index contributed by atoms with van der Waals surface area (Å²) < 4.78 is 1.29. The van der Waals surface area contributed by atoms with Gasteiger partial charge in [-0.05, 0) is 26.0 Å². The zero-order valence-electron chi connectivity index (χ0n) is 9.30. The number of carbonyl (C=O) groups is 1. The highest BCUT2D eigenvalue weighted by Gasteiger charge is 2.12. The Bertz CT molecular complexity index is 450. The van der Waals surface area contributed by atoms with Crippen molar-refractivity contribution in [2.45, 2.75) is 26.5 Å². The molecule has 0 aliphatic carbocycles. The third kappa shape index (κ3) is 2.56. The Morgan fingerprint density at radius 2 is 2.12 bits per heavy atom. The Balaban J connectivity index is 3.22. The van der Waals surface area contributed by atoms with E-state index in [9.17, 15) is 14.7 Å². The summed E-state index contributed by atoms with van der Waals surface area (Å²) >= 11 is 0. The van der Waals surface area contributed by atoms with E-state index in [0.29, 0.717) is 5.69 Å². The van der Waals surface area contributed by atoms with Crippen LogP contribution in [0.5, 0.6) is 0 Å². The molecule has 0 fully saturated rings. The standard InChI is InChI=1S/C11H15NO4/c1-7-3-4-10(8(2)14)11(16)12(7)5-9(15)6-13/h3-4,9,13,15H,5-6H2,1-2H3. The van der Waals surface area contributed by atoms with Crippen LogP contribution in [0, 0.1) is 6.92 Å². The van der Waals surface area contributed by atoms with E-state index < -0.39 is 18.3 Å². The van der Waals surface area contributed by atoms with E-state index in [-0.39, 0.29) is 17.9 Å². The van der Waals surface area contributed by atoms with Gasteiger partial charge >= 0.3 is 0 Å². The predicted octanol–water partition coefficient (Wildman–Crippen LogP) is -0.287. The fraction of sp³-hybridized carbons (Fsp3) is 0.455. The van der Waals surface area contributed by atoms with Crippen molar-refractivity contribution < 1.29 is 15.0 Å². The van der Waals surface area contributed by atoms with Crippen LogP contribution < -0.4 is 5.56 Å². The third-order valence-electron chi connectivity index (χ3n) is 2.38. The molecule has 1 atom stereocenters. The second-order valence-electron chi connectivity index (χ2n) is 3.70. The number of aliphatic hydroxyl groups excluding tert-OH is 2. The van der Waals surface area contributed by atoms with Gasteiger partial charge < -0.3 is 14.8 Å².